The first-order valence-electron chi connectivity index (χ1n) is 5.67. The van der Waals surface area contributed by atoms with Gasteiger partial charge in [0.1, 0.15) is 17.3 Å². The molecule has 0 heterocycles. The van der Waals surface area contributed by atoms with Crippen LogP contribution >= 0.6 is 0 Å². The fourth-order valence-corrected chi connectivity index (χ4v) is 1.66. The Hall–Kier alpha value is -2.24. The molecule has 2 nitrogen and oxygen atoms in total. The molecule has 0 atom stereocenters. The van der Waals surface area contributed by atoms with Crippen LogP contribution in [0.2, 0.25) is 0 Å². The van der Waals surface area contributed by atoms with E-state index in [1.54, 1.807) is 0 Å². The van der Waals surface area contributed by atoms with Crippen molar-refractivity contribution in [3.8, 4) is 11.5 Å². The van der Waals surface area contributed by atoms with E-state index in [9.17, 15) is 17.6 Å². The molecule has 6 heteroatoms. The molecule has 0 aliphatic heterocycles. The number of anilines is 1. The Morgan fingerprint density at radius 2 is 1.70 bits per heavy atom. The van der Waals surface area contributed by atoms with Crippen LogP contribution in [0.15, 0.2) is 36.4 Å². The summed E-state index contributed by atoms with van der Waals surface area (Å²) in [6.45, 7) is 1.53. The zero-order valence-corrected chi connectivity index (χ0v) is 10.5. The molecule has 106 valence electrons. The summed E-state index contributed by atoms with van der Waals surface area (Å²) in [7, 11) is 0. The maximum atomic E-state index is 13.1. The predicted molar refractivity (Wildman–Crippen MR) is 67.1 cm³/mol. The van der Waals surface area contributed by atoms with Crippen molar-refractivity contribution >= 4 is 5.69 Å². The van der Waals surface area contributed by atoms with Gasteiger partial charge in [-0.2, -0.15) is 13.2 Å². The SMILES string of the molecule is Cc1cc(Oc2cc(N)cc(C(F)(F)F)c2)ccc1F. The number of hydrogen-bond donors (Lipinski definition) is 1. The molecule has 20 heavy (non-hydrogen) atoms. The van der Waals surface area contributed by atoms with Crippen molar-refractivity contribution < 1.29 is 22.3 Å². The van der Waals surface area contributed by atoms with Gasteiger partial charge in [0.2, 0.25) is 0 Å². The monoisotopic (exact) mass is 285 g/mol. The molecule has 0 saturated carbocycles. The van der Waals surface area contributed by atoms with Gasteiger partial charge in [-0.1, -0.05) is 0 Å². The van der Waals surface area contributed by atoms with Crippen LogP contribution in [0.3, 0.4) is 0 Å². The fourth-order valence-electron chi connectivity index (χ4n) is 1.66. The minimum Gasteiger partial charge on any atom is -0.457 e. The molecule has 0 saturated heterocycles. The number of alkyl halides is 3. The third-order valence-electron chi connectivity index (χ3n) is 2.62. The van der Waals surface area contributed by atoms with Gasteiger partial charge in [0.15, 0.2) is 0 Å². The Balaban J connectivity index is 2.33. The zero-order valence-electron chi connectivity index (χ0n) is 10.5. The van der Waals surface area contributed by atoms with Gasteiger partial charge in [-0.15, -0.1) is 0 Å². The van der Waals surface area contributed by atoms with E-state index in [0.717, 1.165) is 12.1 Å². The predicted octanol–water partition coefficient (Wildman–Crippen LogP) is 4.53. The normalized spacial score (nSPS) is 11.4. The number of aryl methyl sites for hydroxylation is 1. The Kier molecular flexibility index (Phi) is 3.57. The van der Waals surface area contributed by atoms with Crippen molar-refractivity contribution in [1.29, 1.82) is 0 Å². The fraction of sp³-hybridized carbons (Fsp3) is 0.143. The first kappa shape index (κ1) is 14.2. The molecule has 0 aromatic heterocycles. The lowest BCUT2D eigenvalue weighted by Crippen LogP contribution is -2.06. The number of hydrogen-bond acceptors (Lipinski definition) is 2. The summed E-state index contributed by atoms with van der Waals surface area (Å²) in [6, 6.07) is 6.85. The molecule has 2 aromatic carbocycles. The first-order chi connectivity index (χ1) is 9.25. The van der Waals surface area contributed by atoms with E-state index >= 15 is 0 Å². The van der Waals surface area contributed by atoms with E-state index < -0.39 is 17.6 Å². The van der Waals surface area contributed by atoms with Crippen molar-refractivity contribution in [3.05, 3.63) is 53.3 Å². The third-order valence-corrected chi connectivity index (χ3v) is 2.62. The molecular weight excluding hydrogens is 274 g/mol. The van der Waals surface area contributed by atoms with Gasteiger partial charge in [0, 0.05) is 11.8 Å². The van der Waals surface area contributed by atoms with Gasteiger partial charge in [-0.3, -0.25) is 0 Å². The highest BCUT2D eigenvalue weighted by molar-refractivity contribution is 5.49. The topological polar surface area (TPSA) is 35.2 Å². The highest BCUT2D eigenvalue weighted by Gasteiger charge is 2.31. The number of halogens is 4. The third kappa shape index (κ3) is 3.20. The average Bonchev–Trinajstić information content (AvgIpc) is 2.32. The van der Waals surface area contributed by atoms with Gasteiger partial charge in [0.05, 0.1) is 5.56 Å². The van der Waals surface area contributed by atoms with Crippen LogP contribution in [0, 0.1) is 12.7 Å². The molecule has 0 radical (unpaired) electrons. The largest absolute Gasteiger partial charge is 0.457 e. The quantitative estimate of drug-likeness (QED) is 0.650. The van der Waals surface area contributed by atoms with Gasteiger partial charge >= 0.3 is 6.18 Å². The Bertz CT molecular complexity index is 638. The van der Waals surface area contributed by atoms with Crippen LogP contribution in [-0.4, -0.2) is 0 Å². The Morgan fingerprint density at radius 1 is 1.00 bits per heavy atom. The molecule has 0 fully saturated rings. The second kappa shape index (κ2) is 5.03. The van der Waals surface area contributed by atoms with Crippen molar-refractivity contribution in [2.75, 3.05) is 5.73 Å². The molecule has 0 unspecified atom stereocenters. The summed E-state index contributed by atoms with van der Waals surface area (Å²) in [5.74, 6) is -0.230. The lowest BCUT2D eigenvalue weighted by Gasteiger charge is -2.12. The minimum atomic E-state index is -4.51. The van der Waals surface area contributed by atoms with Crippen molar-refractivity contribution in [2.45, 2.75) is 13.1 Å². The molecule has 0 amide bonds. The summed E-state index contributed by atoms with van der Waals surface area (Å²) in [4.78, 5) is 0. The Morgan fingerprint density at radius 3 is 2.30 bits per heavy atom. The summed E-state index contributed by atoms with van der Waals surface area (Å²) in [5.41, 5.74) is 4.80. The van der Waals surface area contributed by atoms with Crippen LogP contribution in [0.5, 0.6) is 11.5 Å². The summed E-state index contributed by atoms with van der Waals surface area (Å²) in [6.07, 6.45) is -4.51. The van der Waals surface area contributed by atoms with Crippen molar-refractivity contribution in [1.82, 2.24) is 0 Å². The number of benzene rings is 2. The minimum absolute atomic E-state index is 0.0525. The van der Waals surface area contributed by atoms with Crippen LogP contribution in [-0.2, 0) is 6.18 Å². The van der Waals surface area contributed by atoms with E-state index in [1.807, 2.05) is 0 Å². The average molecular weight is 285 g/mol. The summed E-state index contributed by atoms with van der Waals surface area (Å²) < 4.78 is 56.3. The number of rotatable bonds is 2. The van der Waals surface area contributed by atoms with E-state index in [4.69, 9.17) is 10.5 Å². The van der Waals surface area contributed by atoms with Crippen LogP contribution in [0.4, 0.5) is 23.2 Å². The van der Waals surface area contributed by atoms with E-state index in [2.05, 4.69) is 0 Å². The zero-order chi connectivity index (χ0) is 14.9. The van der Waals surface area contributed by atoms with Gasteiger partial charge in [-0.05, 0) is 42.8 Å². The molecule has 2 rings (SSSR count). The standard InChI is InChI=1S/C14H11F4NO/c1-8-4-11(2-3-13(8)15)20-12-6-9(14(16,17)18)5-10(19)7-12/h2-7H,19H2,1H3. The molecular formula is C14H11F4NO. The number of ether oxygens (including phenoxy) is 1. The molecule has 0 aliphatic rings. The maximum absolute atomic E-state index is 13.1. The highest BCUT2D eigenvalue weighted by atomic mass is 19.4. The molecule has 0 aliphatic carbocycles. The van der Waals surface area contributed by atoms with Crippen molar-refractivity contribution in [2.24, 2.45) is 0 Å². The van der Waals surface area contributed by atoms with Gasteiger partial charge in [0.25, 0.3) is 0 Å². The van der Waals surface area contributed by atoms with Crippen molar-refractivity contribution in [3.63, 3.8) is 0 Å². The Labute approximate surface area is 112 Å². The van der Waals surface area contributed by atoms with Crippen LogP contribution in [0.1, 0.15) is 11.1 Å². The number of nitrogen functional groups attached to an aromatic ring is 1. The molecule has 2 N–H and O–H groups in total. The highest BCUT2D eigenvalue weighted by Crippen LogP contribution is 2.34. The summed E-state index contributed by atoms with van der Waals surface area (Å²) >= 11 is 0. The molecule has 0 spiro atoms. The summed E-state index contributed by atoms with van der Waals surface area (Å²) in [5, 5.41) is 0. The lowest BCUT2D eigenvalue weighted by molar-refractivity contribution is -0.137. The molecule has 2 aromatic rings. The van der Waals surface area contributed by atoms with E-state index in [1.165, 1.54) is 31.2 Å². The lowest BCUT2D eigenvalue weighted by atomic mass is 10.2. The second-order valence-electron chi connectivity index (χ2n) is 4.30. The van der Waals surface area contributed by atoms with Crippen LogP contribution in [0.25, 0.3) is 0 Å². The van der Waals surface area contributed by atoms with Gasteiger partial charge in [-0.25, -0.2) is 4.39 Å². The van der Waals surface area contributed by atoms with E-state index in [-0.39, 0.29) is 17.2 Å². The number of nitrogens with two attached hydrogens (primary N) is 1. The first-order valence-corrected chi connectivity index (χ1v) is 5.67. The van der Waals surface area contributed by atoms with E-state index in [0.29, 0.717) is 5.56 Å². The smallest absolute Gasteiger partial charge is 0.416 e. The second-order valence-corrected chi connectivity index (χ2v) is 4.30. The maximum Gasteiger partial charge on any atom is 0.416 e. The van der Waals surface area contributed by atoms with Gasteiger partial charge < -0.3 is 10.5 Å². The molecule has 0 bridgehead atoms. The van der Waals surface area contributed by atoms with Crippen LogP contribution < -0.4 is 10.5 Å².